The molecular formula is C58H50B2N8O. The lowest BCUT2D eigenvalue weighted by atomic mass is 9.63. The number of rotatable bonds is 7. The lowest BCUT2D eigenvalue weighted by Crippen LogP contribution is -2.26. The molecule has 0 fully saturated rings. The van der Waals surface area contributed by atoms with Gasteiger partial charge >= 0.3 is 0 Å². The number of ether oxygens (including phenoxy) is 1. The van der Waals surface area contributed by atoms with Gasteiger partial charge in [0.1, 0.15) is 12.4 Å². The van der Waals surface area contributed by atoms with Gasteiger partial charge in [-0.25, -0.2) is 9.97 Å². The van der Waals surface area contributed by atoms with Crippen molar-refractivity contribution in [2.45, 2.75) is 26.2 Å². The maximum absolute atomic E-state index is 9.18. The Kier molecular flexibility index (Phi) is 9.49. The highest BCUT2D eigenvalue weighted by atomic mass is 16.5. The van der Waals surface area contributed by atoms with E-state index in [1.54, 1.807) is 42.5 Å². The summed E-state index contributed by atoms with van der Waals surface area (Å²) in [7, 11) is 4.25. The maximum atomic E-state index is 9.18. The van der Waals surface area contributed by atoms with E-state index in [0.29, 0.717) is 40.2 Å². The Morgan fingerprint density at radius 3 is 2.06 bits per heavy atom. The minimum absolute atomic E-state index is 0.0333. The predicted octanol–water partition coefficient (Wildman–Crippen LogP) is 12.8. The lowest BCUT2D eigenvalue weighted by molar-refractivity contribution is 0.452. The Morgan fingerprint density at radius 2 is 1.33 bits per heavy atom. The van der Waals surface area contributed by atoms with Crippen molar-refractivity contribution in [2.75, 3.05) is 16.5 Å². The topological polar surface area (TPSA) is 75.4 Å². The predicted molar refractivity (Wildman–Crippen MR) is 289 cm³/mol. The van der Waals surface area contributed by atoms with Crippen molar-refractivity contribution < 1.29 is 14.3 Å². The molecule has 0 unspecified atom stereocenters. The van der Waals surface area contributed by atoms with Crippen LogP contribution in [0, 0.1) is 0 Å². The Morgan fingerprint density at radius 1 is 0.652 bits per heavy atom. The first-order valence-corrected chi connectivity index (χ1v) is 22.8. The number of aryl methyl sites for hydroxylation is 1. The molecule has 0 spiro atoms. The number of nitrogens with one attached hydrogen (secondary N) is 2. The van der Waals surface area contributed by atoms with Crippen LogP contribution in [0.25, 0.3) is 49.7 Å². The zero-order valence-electron chi connectivity index (χ0n) is 45.3. The summed E-state index contributed by atoms with van der Waals surface area (Å²) in [4.78, 5) is 14.5. The van der Waals surface area contributed by atoms with Crippen LogP contribution in [-0.4, -0.2) is 40.3 Å². The maximum Gasteiger partial charge on any atom is 0.221 e. The summed E-state index contributed by atoms with van der Waals surface area (Å²) >= 11 is 0. The van der Waals surface area contributed by atoms with Gasteiger partial charge in [-0.3, -0.25) is 4.57 Å². The molecule has 69 heavy (non-hydrogen) atoms. The van der Waals surface area contributed by atoms with E-state index in [2.05, 4.69) is 110 Å². The van der Waals surface area contributed by atoms with Crippen molar-refractivity contribution in [3.63, 3.8) is 0 Å². The average Bonchev–Trinajstić information content (AvgIpc) is 4.22. The second-order valence-corrected chi connectivity index (χ2v) is 17.7. The first-order valence-electron chi connectivity index (χ1n) is 26.3. The van der Waals surface area contributed by atoms with Crippen LogP contribution in [0.1, 0.15) is 47.2 Å². The second kappa shape index (κ2) is 18.3. The molecule has 0 aliphatic carbocycles. The van der Waals surface area contributed by atoms with E-state index in [1.807, 2.05) is 85.3 Å². The fraction of sp³-hybridized carbons (Fsp3) is 0.103. The average molecular weight is 904 g/mol. The van der Waals surface area contributed by atoms with Gasteiger partial charge in [0.25, 0.3) is 0 Å². The molecular weight excluding hydrogens is 846 g/mol. The molecule has 8 aromatic rings. The molecule has 2 radical (unpaired) electrons. The van der Waals surface area contributed by atoms with Crippen LogP contribution in [0.2, 0.25) is 0 Å². The first-order chi connectivity index (χ1) is 36.7. The Bertz CT molecular complexity index is 3830. The van der Waals surface area contributed by atoms with Gasteiger partial charge < -0.3 is 29.7 Å². The number of fused-ring (bicyclic) bond motifs is 5. The number of pyridine rings is 1. The van der Waals surface area contributed by atoms with Crippen LogP contribution in [-0.2, 0) is 12.4 Å². The minimum atomic E-state index is -2.71. The Hall–Kier alpha value is -8.43. The Balaban J connectivity index is 1.06. The zero-order chi connectivity index (χ0) is 52.9. The van der Waals surface area contributed by atoms with Crippen molar-refractivity contribution in [3.05, 3.63) is 223 Å². The molecule has 11 heteroatoms. The summed E-state index contributed by atoms with van der Waals surface area (Å²) in [5.74, 6) is 4.68. The summed E-state index contributed by atoms with van der Waals surface area (Å²) < 4.78 is 71.0. The number of benzene rings is 5. The summed E-state index contributed by atoms with van der Waals surface area (Å²) in [6.07, 6.45) is 23.7. The molecule has 5 aromatic carbocycles. The molecule has 2 N–H and O–H groups in total. The highest BCUT2D eigenvalue weighted by molar-refractivity contribution is 6.67. The number of para-hydroxylation sites is 6. The summed E-state index contributed by atoms with van der Waals surface area (Å²) in [5, 5.41) is 7.09. The molecule has 6 heterocycles. The molecule has 0 amide bonds. The van der Waals surface area contributed by atoms with E-state index < -0.39 is 24.5 Å². The third-order valence-electron chi connectivity index (χ3n) is 12.2. The Labute approximate surface area is 414 Å². The third kappa shape index (κ3) is 8.37. The van der Waals surface area contributed by atoms with E-state index in [9.17, 15) is 1.37 Å². The van der Waals surface area contributed by atoms with Gasteiger partial charge in [0.15, 0.2) is 14.6 Å². The van der Waals surface area contributed by atoms with Crippen LogP contribution in [0.5, 0.6) is 11.6 Å². The molecule has 3 aromatic heterocycles. The number of hydrogen-bond donors (Lipinski definition) is 2. The van der Waals surface area contributed by atoms with Crippen LogP contribution in [0.3, 0.4) is 0 Å². The molecule has 11 rings (SSSR count). The number of allylic oxidation sites excluding steroid dienone is 8. The van der Waals surface area contributed by atoms with Gasteiger partial charge in [-0.1, -0.05) is 117 Å². The number of hydrogen-bond acceptors (Lipinski definition) is 7. The monoisotopic (exact) mass is 903 g/mol. The van der Waals surface area contributed by atoms with Crippen LogP contribution >= 0.6 is 0 Å². The van der Waals surface area contributed by atoms with E-state index in [1.165, 1.54) is 4.57 Å². The molecule has 3 aliphatic rings. The highest BCUT2D eigenvalue weighted by Gasteiger charge is 2.33. The third-order valence-corrected chi connectivity index (χ3v) is 12.2. The van der Waals surface area contributed by atoms with Gasteiger partial charge in [0, 0.05) is 64.2 Å². The van der Waals surface area contributed by atoms with Crippen LogP contribution in [0.4, 0.5) is 22.7 Å². The number of anilines is 4. The van der Waals surface area contributed by atoms with Gasteiger partial charge in [0.2, 0.25) is 11.8 Å². The largest absolute Gasteiger partial charge is 0.439 e. The fourth-order valence-electron chi connectivity index (χ4n) is 8.93. The molecule has 0 bridgehead atoms. The standard InChI is InChI=1S/C58H50B2N8O/c1-58(2,3)54-36-40(37-55(64-54)69-41-28-29-43-42-18-5-7-24-49(42)68(53(43)38-41)57-63-48-23-6-8-25-50(48)65(57)4)66-39-67(52-27-10-9-26-51(52)66)56-44(46-21-16-34-61-32-13-11-30-59-46)19-15-20-45(56)47-22-17-35-62-33-14-12-31-60-47/h5-38,61-62H,39H2,1-4H3/b30-11-,31-12-,32-13-,33-14-,34-16-,35-17-,46-21-,47-22-/i4D3,5D,7D,18D,24D. The molecule has 9 nitrogen and oxygen atoms in total. The molecule has 0 saturated heterocycles. The minimum Gasteiger partial charge on any atom is -0.439 e. The van der Waals surface area contributed by atoms with E-state index in [4.69, 9.17) is 22.9 Å². The molecule has 3 aliphatic heterocycles. The normalized spacial score (nSPS) is 20.8. The zero-order valence-corrected chi connectivity index (χ0v) is 38.3. The molecule has 0 atom stereocenters. The van der Waals surface area contributed by atoms with E-state index >= 15 is 0 Å². The summed E-state index contributed by atoms with van der Waals surface area (Å²) in [6.45, 7) is 4.01. The SMILES string of the molecule is [2H]c1c([2H])c([2H])c2c(c1[2H])c1ccc(Oc3cc(N4CN(c5c(/C6=C/C=C\N/C=C\C=C/[B]6)cccc5/C5=C/C=C\N/C=C\C=C/[B]5)c5ccccc54)cc(C(C)(C)C)n3)cc1n2-c1nc2ccccc2n1C([2H])([2H])[2H]. The number of aromatic nitrogens is 4. The molecule has 0 saturated carbocycles. The quantitative estimate of drug-likeness (QED) is 0.154. The first kappa shape index (κ1) is 35.7. The highest BCUT2D eigenvalue weighted by Crippen LogP contribution is 2.49. The smallest absolute Gasteiger partial charge is 0.221 e. The lowest BCUT2D eigenvalue weighted by Gasteiger charge is -2.29. The van der Waals surface area contributed by atoms with Crippen LogP contribution in [0.15, 0.2) is 207 Å². The van der Waals surface area contributed by atoms with Crippen molar-refractivity contribution in [3.8, 4) is 17.6 Å². The van der Waals surface area contributed by atoms with Gasteiger partial charge in [-0.05, 0) is 83.9 Å². The van der Waals surface area contributed by atoms with Crippen molar-refractivity contribution in [1.29, 1.82) is 0 Å². The fourth-order valence-corrected chi connectivity index (χ4v) is 8.93. The van der Waals surface area contributed by atoms with Gasteiger partial charge in [-0.2, -0.15) is 0 Å². The van der Waals surface area contributed by atoms with Gasteiger partial charge in [0.05, 0.1) is 56.0 Å². The second-order valence-electron chi connectivity index (χ2n) is 17.7. The summed E-state index contributed by atoms with van der Waals surface area (Å²) in [5.41, 5.74) is 9.41. The van der Waals surface area contributed by atoms with Crippen molar-refractivity contribution in [1.82, 2.24) is 29.7 Å². The summed E-state index contributed by atoms with van der Waals surface area (Å²) in [6, 6.07) is 29.4. The van der Waals surface area contributed by atoms with E-state index in [-0.39, 0.29) is 28.9 Å². The van der Waals surface area contributed by atoms with Gasteiger partial charge in [-0.15, -0.1) is 12.0 Å². The van der Waals surface area contributed by atoms with E-state index in [0.717, 1.165) is 55.1 Å². The number of imidazole rings is 1. The molecule has 334 valence electrons. The van der Waals surface area contributed by atoms with Crippen LogP contribution < -0.4 is 25.2 Å². The number of nitrogens with zero attached hydrogens (tertiary/aromatic N) is 6. The van der Waals surface area contributed by atoms with Crippen molar-refractivity contribution in [2.24, 2.45) is 6.98 Å². The van der Waals surface area contributed by atoms with Crippen molar-refractivity contribution >= 4 is 81.1 Å².